The minimum absolute atomic E-state index is 0.00301. The van der Waals surface area contributed by atoms with Crippen LogP contribution in [0.25, 0.3) is 0 Å². The summed E-state index contributed by atoms with van der Waals surface area (Å²) in [6.07, 6.45) is -0.0625. The summed E-state index contributed by atoms with van der Waals surface area (Å²) in [4.78, 5) is 35.6. The molecule has 0 heterocycles. The highest BCUT2D eigenvalue weighted by molar-refractivity contribution is 9.11. The first-order valence-corrected chi connectivity index (χ1v) is 10.4. The van der Waals surface area contributed by atoms with Crippen LogP contribution >= 0.6 is 31.9 Å². The number of halogens is 2. The van der Waals surface area contributed by atoms with Gasteiger partial charge in [-0.2, -0.15) is 0 Å². The van der Waals surface area contributed by atoms with E-state index in [2.05, 4.69) is 48.0 Å². The number of benzene rings is 2. The van der Waals surface area contributed by atoms with E-state index in [0.717, 1.165) is 15.6 Å². The lowest BCUT2D eigenvalue weighted by Gasteiger charge is -2.10. The van der Waals surface area contributed by atoms with Crippen molar-refractivity contribution >= 4 is 55.3 Å². The number of nitrogens with one attached hydrogen (secondary N) is 3. The standard InChI is InChI=1S/C20H21Br2N3O4/c1-12-3-5-15(9-13(12)2)23-18(26)7-8-19(27)24-25-20(28)11-29-17-6-4-14(21)10-16(17)22/h3-6,9-10H,7-8,11H2,1-2H3,(H,23,26)(H,24,27)(H,25,28). The van der Waals surface area contributed by atoms with Crippen LogP contribution in [0.4, 0.5) is 5.69 Å². The van der Waals surface area contributed by atoms with Crippen LogP contribution in [0.1, 0.15) is 24.0 Å². The second-order valence-corrected chi connectivity index (χ2v) is 8.08. The molecule has 29 heavy (non-hydrogen) atoms. The Hall–Kier alpha value is -2.39. The molecule has 3 amide bonds. The van der Waals surface area contributed by atoms with Gasteiger partial charge in [-0.3, -0.25) is 25.2 Å². The fourth-order valence-corrected chi connectivity index (χ4v) is 3.40. The van der Waals surface area contributed by atoms with Gasteiger partial charge >= 0.3 is 0 Å². The Morgan fingerprint density at radius 2 is 1.55 bits per heavy atom. The third-order valence-electron chi connectivity index (χ3n) is 3.96. The minimum atomic E-state index is -0.521. The fourth-order valence-electron chi connectivity index (χ4n) is 2.24. The number of rotatable bonds is 7. The lowest BCUT2D eigenvalue weighted by molar-refractivity contribution is -0.130. The molecule has 0 unspecified atom stereocenters. The van der Waals surface area contributed by atoms with Crippen molar-refractivity contribution in [2.75, 3.05) is 11.9 Å². The van der Waals surface area contributed by atoms with Crippen LogP contribution in [0.15, 0.2) is 45.3 Å². The Labute approximate surface area is 185 Å². The van der Waals surface area contributed by atoms with E-state index >= 15 is 0 Å². The molecule has 2 rings (SSSR count). The van der Waals surface area contributed by atoms with Gasteiger partial charge in [-0.25, -0.2) is 0 Å². The molecule has 0 radical (unpaired) electrons. The maximum atomic E-state index is 12.0. The van der Waals surface area contributed by atoms with Gasteiger partial charge in [0.15, 0.2) is 6.61 Å². The predicted octanol–water partition coefficient (Wildman–Crippen LogP) is 3.77. The SMILES string of the molecule is Cc1ccc(NC(=O)CCC(=O)NNC(=O)COc2ccc(Br)cc2Br)cc1C. The van der Waals surface area contributed by atoms with E-state index in [9.17, 15) is 14.4 Å². The van der Waals surface area contributed by atoms with Gasteiger partial charge in [0.2, 0.25) is 11.8 Å². The van der Waals surface area contributed by atoms with Crippen molar-refractivity contribution in [3.63, 3.8) is 0 Å². The molecule has 2 aromatic rings. The highest BCUT2D eigenvalue weighted by Gasteiger charge is 2.10. The van der Waals surface area contributed by atoms with Crippen molar-refractivity contribution in [2.45, 2.75) is 26.7 Å². The normalized spacial score (nSPS) is 10.2. The molecule has 0 saturated heterocycles. The topological polar surface area (TPSA) is 96.5 Å². The minimum Gasteiger partial charge on any atom is -0.483 e. The van der Waals surface area contributed by atoms with E-state index in [1.165, 1.54) is 0 Å². The molecule has 0 aliphatic heterocycles. The zero-order valence-electron chi connectivity index (χ0n) is 16.0. The van der Waals surface area contributed by atoms with Crippen molar-refractivity contribution < 1.29 is 19.1 Å². The van der Waals surface area contributed by atoms with Crippen LogP contribution in [0, 0.1) is 13.8 Å². The zero-order valence-corrected chi connectivity index (χ0v) is 19.1. The predicted molar refractivity (Wildman–Crippen MR) is 117 cm³/mol. The average molecular weight is 527 g/mol. The number of ether oxygens (including phenoxy) is 1. The van der Waals surface area contributed by atoms with Crippen LogP contribution in [0.3, 0.4) is 0 Å². The van der Waals surface area contributed by atoms with Gasteiger partial charge in [0.05, 0.1) is 4.47 Å². The summed E-state index contributed by atoms with van der Waals surface area (Å²) < 4.78 is 6.94. The molecule has 154 valence electrons. The Bertz CT molecular complexity index is 919. The smallest absolute Gasteiger partial charge is 0.276 e. The lowest BCUT2D eigenvalue weighted by Crippen LogP contribution is -2.44. The van der Waals surface area contributed by atoms with Crippen LogP contribution in [-0.2, 0) is 14.4 Å². The number of hydrazine groups is 1. The van der Waals surface area contributed by atoms with Gasteiger partial charge in [-0.15, -0.1) is 0 Å². The van der Waals surface area contributed by atoms with Crippen LogP contribution in [0.5, 0.6) is 5.75 Å². The number of aryl methyl sites for hydroxylation is 2. The summed E-state index contributed by atoms with van der Waals surface area (Å²) >= 11 is 6.66. The van der Waals surface area contributed by atoms with E-state index in [1.807, 2.05) is 32.0 Å². The zero-order chi connectivity index (χ0) is 21.4. The maximum Gasteiger partial charge on any atom is 0.276 e. The summed E-state index contributed by atoms with van der Waals surface area (Å²) in [5.74, 6) is -0.776. The van der Waals surface area contributed by atoms with Gasteiger partial charge in [-0.05, 0) is 71.2 Å². The number of hydrogen-bond acceptors (Lipinski definition) is 4. The summed E-state index contributed by atoms with van der Waals surface area (Å²) in [6.45, 7) is 3.68. The Balaban J connectivity index is 1.67. The average Bonchev–Trinajstić information content (AvgIpc) is 2.67. The highest BCUT2D eigenvalue weighted by Crippen LogP contribution is 2.28. The molecule has 2 aromatic carbocycles. The Morgan fingerprint density at radius 3 is 2.24 bits per heavy atom. The van der Waals surface area contributed by atoms with Crippen molar-refractivity contribution in [3.05, 3.63) is 56.5 Å². The second kappa shape index (κ2) is 11.0. The first kappa shape index (κ1) is 22.9. The van der Waals surface area contributed by atoms with Crippen molar-refractivity contribution in [1.29, 1.82) is 0 Å². The molecule has 0 aromatic heterocycles. The molecule has 0 aliphatic carbocycles. The Morgan fingerprint density at radius 1 is 0.862 bits per heavy atom. The molecule has 0 bridgehead atoms. The Kier molecular flexibility index (Phi) is 8.66. The fraction of sp³-hybridized carbons (Fsp3) is 0.250. The molecule has 3 N–H and O–H groups in total. The molecule has 0 saturated carbocycles. The molecule has 0 fully saturated rings. The third-order valence-corrected chi connectivity index (χ3v) is 5.08. The van der Waals surface area contributed by atoms with Crippen LogP contribution < -0.4 is 20.9 Å². The number of carbonyl (C=O) groups is 3. The molecule has 0 aliphatic rings. The van der Waals surface area contributed by atoms with Crippen LogP contribution in [-0.4, -0.2) is 24.3 Å². The van der Waals surface area contributed by atoms with Crippen molar-refractivity contribution in [2.24, 2.45) is 0 Å². The summed E-state index contributed by atoms with van der Waals surface area (Å²) in [5.41, 5.74) is 7.40. The van der Waals surface area contributed by atoms with Gasteiger partial charge in [0, 0.05) is 23.0 Å². The quantitative estimate of drug-likeness (QED) is 0.478. The van der Waals surface area contributed by atoms with E-state index in [1.54, 1.807) is 18.2 Å². The van der Waals surface area contributed by atoms with E-state index in [0.29, 0.717) is 15.9 Å². The number of anilines is 1. The largest absolute Gasteiger partial charge is 0.483 e. The van der Waals surface area contributed by atoms with Gasteiger partial charge < -0.3 is 10.1 Å². The molecule has 9 heteroatoms. The van der Waals surface area contributed by atoms with Gasteiger partial charge in [-0.1, -0.05) is 22.0 Å². The highest BCUT2D eigenvalue weighted by atomic mass is 79.9. The second-order valence-electron chi connectivity index (χ2n) is 6.31. The first-order chi connectivity index (χ1) is 13.7. The van der Waals surface area contributed by atoms with Crippen LogP contribution in [0.2, 0.25) is 0 Å². The van der Waals surface area contributed by atoms with Crippen molar-refractivity contribution in [1.82, 2.24) is 10.9 Å². The van der Waals surface area contributed by atoms with E-state index < -0.39 is 11.8 Å². The maximum absolute atomic E-state index is 12.0. The molecule has 0 atom stereocenters. The van der Waals surface area contributed by atoms with Gasteiger partial charge in [0.1, 0.15) is 5.75 Å². The van der Waals surface area contributed by atoms with Gasteiger partial charge in [0.25, 0.3) is 5.91 Å². The molecule has 0 spiro atoms. The van der Waals surface area contributed by atoms with E-state index in [4.69, 9.17) is 4.74 Å². The van der Waals surface area contributed by atoms with Crippen molar-refractivity contribution in [3.8, 4) is 5.75 Å². The molecular weight excluding hydrogens is 506 g/mol. The summed E-state index contributed by atoms with van der Waals surface area (Å²) in [6, 6.07) is 10.9. The first-order valence-electron chi connectivity index (χ1n) is 8.77. The summed E-state index contributed by atoms with van der Waals surface area (Å²) in [5, 5.41) is 2.74. The van der Waals surface area contributed by atoms with E-state index in [-0.39, 0.29) is 25.4 Å². The summed E-state index contributed by atoms with van der Waals surface area (Å²) in [7, 11) is 0. The third kappa shape index (κ3) is 7.86. The molecule has 7 nitrogen and oxygen atoms in total. The molecular formula is C20H21Br2N3O4. The number of hydrogen-bond donors (Lipinski definition) is 3. The number of amides is 3. The monoisotopic (exact) mass is 525 g/mol. The lowest BCUT2D eigenvalue weighted by atomic mass is 10.1. The number of carbonyl (C=O) groups excluding carboxylic acids is 3.